The predicted octanol–water partition coefficient (Wildman–Crippen LogP) is 7.24. The zero-order valence-corrected chi connectivity index (χ0v) is 19.6. The van der Waals surface area contributed by atoms with Crippen LogP contribution in [0.1, 0.15) is 16.7 Å². The van der Waals surface area contributed by atoms with E-state index in [1.807, 2.05) is 30.3 Å². The first-order valence-corrected chi connectivity index (χ1v) is 11.0. The number of carbonyl (C=O) groups is 1. The average molecular weight is 531 g/mol. The summed E-state index contributed by atoms with van der Waals surface area (Å²) in [4.78, 5) is 12.5. The fourth-order valence-electron chi connectivity index (χ4n) is 3.65. The van der Waals surface area contributed by atoms with E-state index in [0.717, 1.165) is 17.8 Å². The lowest BCUT2D eigenvalue weighted by Crippen LogP contribution is -2.17. The highest BCUT2D eigenvalue weighted by Gasteiger charge is 2.43. The maximum Gasteiger partial charge on any atom is 0.417 e. The van der Waals surface area contributed by atoms with E-state index in [0.29, 0.717) is 22.6 Å². The number of methoxy groups -OCH3 is 1. The number of aromatic nitrogens is 2. The first-order chi connectivity index (χ1) is 18.0. The standard InChI is InChI=1S/C27H19F6N3O2/c1-38-21-11-7-17(8-12-21)25-18(16-36(35-25)20-5-3-2-4-6-20)9-14-24(37)34-19-10-13-22(26(28,29)30)23(15-19)27(31,32)33/h2-16H,1H3,(H,34,37). The van der Waals surface area contributed by atoms with Crippen LogP contribution in [-0.2, 0) is 17.1 Å². The van der Waals surface area contributed by atoms with Gasteiger partial charge in [0.25, 0.3) is 0 Å². The molecule has 1 heterocycles. The first kappa shape index (κ1) is 26.5. The van der Waals surface area contributed by atoms with Gasteiger partial charge in [-0.2, -0.15) is 31.4 Å². The predicted molar refractivity (Wildman–Crippen MR) is 130 cm³/mol. The van der Waals surface area contributed by atoms with Crippen LogP contribution in [0.4, 0.5) is 32.0 Å². The highest BCUT2D eigenvalue weighted by Crippen LogP contribution is 2.41. The van der Waals surface area contributed by atoms with Crippen LogP contribution in [0.3, 0.4) is 0 Å². The molecule has 5 nitrogen and oxygen atoms in total. The van der Waals surface area contributed by atoms with Gasteiger partial charge in [-0.05, 0) is 60.7 Å². The highest BCUT2D eigenvalue weighted by atomic mass is 19.4. The van der Waals surface area contributed by atoms with Crippen molar-refractivity contribution < 1.29 is 35.9 Å². The molecule has 1 aromatic heterocycles. The SMILES string of the molecule is COc1ccc(-c2nn(-c3ccccc3)cc2C=CC(=O)Nc2ccc(C(F)(F)F)c(C(F)(F)F)c2)cc1. The number of nitrogens with zero attached hydrogens (tertiary/aromatic N) is 2. The van der Waals surface area contributed by atoms with Crippen molar-refractivity contribution in [1.82, 2.24) is 9.78 Å². The fraction of sp³-hybridized carbons (Fsp3) is 0.111. The van der Waals surface area contributed by atoms with Gasteiger partial charge in [0.05, 0.1) is 29.6 Å². The Hall–Kier alpha value is -4.54. The van der Waals surface area contributed by atoms with Gasteiger partial charge in [-0.3, -0.25) is 4.79 Å². The van der Waals surface area contributed by atoms with Gasteiger partial charge in [0.2, 0.25) is 5.91 Å². The fourth-order valence-corrected chi connectivity index (χ4v) is 3.65. The molecule has 196 valence electrons. The van der Waals surface area contributed by atoms with Gasteiger partial charge >= 0.3 is 12.4 Å². The molecule has 0 radical (unpaired) electrons. The topological polar surface area (TPSA) is 56.2 Å². The van der Waals surface area contributed by atoms with Crippen LogP contribution in [0.25, 0.3) is 23.0 Å². The average Bonchev–Trinajstić information content (AvgIpc) is 3.31. The first-order valence-electron chi connectivity index (χ1n) is 11.0. The second kappa shape index (κ2) is 10.4. The van der Waals surface area contributed by atoms with Crippen molar-refractivity contribution in [3.63, 3.8) is 0 Å². The summed E-state index contributed by atoms with van der Waals surface area (Å²) in [5, 5.41) is 6.78. The second-order valence-electron chi connectivity index (χ2n) is 8.02. The van der Waals surface area contributed by atoms with E-state index in [4.69, 9.17) is 4.74 Å². The number of hydrogen-bond acceptors (Lipinski definition) is 3. The summed E-state index contributed by atoms with van der Waals surface area (Å²) in [6, 6.07) is 17.5. The van der Waals surface area contributed by atoms with Crippen molar-refractivity contribution in [3.05, 3.63) is 102 Å². The molecule has 3 aromatic carbocycles. The normalized spacial score (nSPS) is 12.1. The minimum atomic E-state index is -5.26. The zero-order chi connectivity index (χ0) is 27.5. The number of halogens is 6. The summed E-state index contributed by atoms with van der Waals surface area (Å²) >= 11 is 0. The Kier molecular flexibility index (Phi) is 7.29. The number of alkyl halides is 6. The van der Waals surface area contributed by atoms with Crippen LogP contribution in [-0.4, -0.2) is 22.8 Å². The summed E-state index contributed by atoms with van der Waals surface area (Å²) in [5.74, 6) is -0.214. The number of hydrogen-bond donors (Lipinski definition) is 1. The van der Waals surface area contributed by atoms with Crippen molar-refractivity contribution in [2.24, 2.45) is 0 Å². The molecule has 1 N–H and O–H groups in total. The minimum Gasteiger partial charge on any atom is -0.497 e. The van der Waals surface area contributed by atoms with Gasteiger partial charge in [-0.25, -0.2) is 4.68 Å². The molecule has 38 heavy (non-hydrogen) atoms. The highest BCUT2D eigenvalue weighted by molar-refractivity contribution is 6.02. The van der Waals surface area contributed by atoms with Crippen LogP contribution in [0.2, 0.25) is 0 Å². The lowest BCUT2D eigenvalue weighted by Gasteiger charge is -2.16. The molecular formula is C27H19F6N3O2. The molecule has 1 amide bonds. The summed E-state index contributed by atoms with van der Waals surface area (Å²) < 4.78 is 85.5. The number of benzene rings is 3. The van der Waals surface area contributed by atoms with E-state index < -0.39 is 35.1 Å². The Labute approximate surface area is 213 Å². The number of anilines is 1. The van der Waals surface area contributed by atoms with Gasteiger partial charge in [0.1, 0.15) is 5.75 Å². The van der Waals surface area contributed by atoms with Crippen LogP contribution >= 0.6 is 0 Å². The summed E-state index contributed by atoms with van der Waals surface area (Å²) in [7, 11) is 1.53. The van der Waals surface area contributed by atoms with Gasteiger partial charge in [0, 0.05) is 29.1 Å². The van der Waals surface area contributed by atoms with Crippen LogP contribution in [0.15, 0.2) is 85.1 Å². The Morgan fingerprint density at radius 2 is 1.55 bits per heavy atom. The van der Waals surface area contributed by atoms with Crippen LogP contribution in [0, 0.1) is 0 Å². The molecule has 0 aliphatic carbocycles. The molecule has 0 bridgehead atoms. The molecule has 0 atom stereocenters. The summed E-state index contributed by atoms with van der Waals surface area (Å²) in [6.45, 7) is 0. The lowest BCUT2D eigenvalue weighted by molar-refractivity contribution is -0.162. The van der Waals surface area contributed by atoms with E-state index in [-0.39, 0.29) is 12.1 Å². The minimum absolute atomic E-state index is 0.255. The van der Waals surface area contributed by atoms with E-state index >= 15 is 0 Å². The largest absolute Gasteiger partial charge is 0.497 e. The Morgan fingerprint density at radius 3 is 2.16 bits per heavy atom. The molecule has 0 unspecified atom stereocenters. The van der Waals surface area contributed by atoms with Crippen molar-refractivity contribution in [2.45, 2.75) is 12.4 Å². The number of nitrogens with one attached hydrogen (secondary N) is 1. The molecular weight excluding hydrogens is 512 g/mol. The van der Waals surface area contributed by atoms with E-state index in [1.165, 1.54) is 13.2 Å². The third kappa shape index (κ3) is 6.05. The molecule has 0 spiro atoms. The van der Waals surface area contributed by atoms with Crippen molar-refractivity contribution in [1.29, 1.82) is 0 Å². The van der Waals surface area contributed by atoms with E-state index in [9.17, 15) is 31.1 Å². The van der Waals surface area contributed by atoms with Gasteiger partial charge < -0.3 is 10.1 Å². The second-order valence-corrected chi connectivity index (χ2v) is 8.02. The molecule has 0 fully saturated rings. The summed E-state index contributed by atoms with van der Waals surface area (Å²) in [5.41, 5.74) is -1.69. The number of para-hydroxylation sites is 1. The molecule has 0 aliphatic rings. The maximum absolute atomic E-state index is 13.2. The summed E-state index contributed by atoms with van der Waals surface area (Å²) in [6.07, 6.45) is -6.33. The Morgan fingerprint density at radius 1 is 0.895 bits per heavy atom. The molecule has 0 saturated heterocycles. The quantitative estimate of drug-likeness (QED) is 0.211. The maximum atomic E-state index is 13.2. The molecule has 4 rings (SSSR count). The van der Waals surface area contributed by atoms with Crippen molar-refractivity contribution in [3.8, 4) is 22.7 Å². The van der Waals surface area contributed by atoms with Gasteiger partial charge in [-0.1, -0.05) is 18.2 Å². The van der Waals surface area contributed by atoms with Gasteiger partial charge in [0.15, 0.2) is 0 Å². The van der Waals surface area contributed by atoms with E-state index in [1.54, 1.807) is 35.1 Å². The molecule has 4 aromatic rings. The van der Waals surface area contributed by atoms with Crippen molar-refractivity contribution in [2.75, 3.05) is 12.4 Å². The van der Waals surface area contributed by atoms with E-state index in [2.05, 4.69) is 10.4 Å². The number of ether oxygens (including phenoxy) is 1. The molecule has 0 saturated carbocycles. The third-order valence-electron chi connectivity index (χ3n) is 5.44. The van der Waals surface area contributed by atoms with Crippen LogP contribution < -0.4 is 10.1 Å². The van der Waals surface area contributed by atoms with Gasteiger partial charge in [-0.15, -0.1) is 0 Å². The Balaban J connectivity index is 1.63. The monoisotopic (exact) mass is 531 g/mol. The third-order valence-corrected chi connectivity index (χ3v) is 5.44. The molecule has 0 aliphatic heterocycles. The Bertz CT molecular complexity index is 1460. The number of rotatable bonds is 6. The lowest BCUT2D eigenvalue weighted by atomic mass is 10.1. The molecule has 11 heteroatoms. The smallest absolute Gasteiger partial charge is 0.417 e. The van der Waals surface area contributed by atoms with Crippen molar-refractivity contribution >= 4 is 17.7 Å². The van der Waals surface area contributed by atoms with Crippen LogP contribution in [0.5, 0.6) is 5.75 Å². The zero-order valence-electron chi connectivity index (χ0n) is 19.6. The number of amides is 1. The number of carbonyl (C=O) groups excluding carboxylic acids is 1.